The number of anilines is 1. The van der Waals surface area contributed by atoms with Crippen LogP contribution in [-0.4, -0.2) is 46.0 Å². The third-order valence-electron chi connectivity index (χ3n) is 5.75. The van der Waals surface area contributed by atoms with Crippen molar-refractivity contribution >= 4 is 21.6 Å². The van der Waals surface area contributed by atoms with Gasteiger partial charge in [0, 0.05) is 19.2 Å². The quantitative estimate of drug-likeness (QED) is 0.564. The van der Waals surface area contributed by atoms with E-state index in [1.807, 2.05) is 6.92 Å². The summed E-state index contributed by atoms with van der Waals surface area (Å²) in [6.07, 6.45) is -0.326. The number of sulfonamides is 1. The van der Waals surface area contributed by atoms with Gasteiger partial charge in [0.2, 0.25) is 0 Å². The van der Waals surface area contributed by atoms with Crippen molar-refractivity contribution in [2.45, 2.75) is 17.9 Å². The third kappa shape index (κ3) is 4.91. The van der Waals surface area contributed by atoms with Crippen molar-refractivity contribution in [2.24, 2.45) is 0 Å². The molecule has 0 radical (unpaired) electrons. The molecule has 3 aromatic rings. The molecule has 0 aromatic heterocycles. The van der Waals surface area contributed by atoms with E-state index < -0.39 is 10.0 Å². The molecule has 1 aliphatic heterocycles. The first-order chi connectivity index (χ1) is 15.8. The smallest absolute Gasteiger partial charge is 0.264 e. The lowest BCUT2D eigenvalue weighted by molar-refractivity contribution is -0.0228. The third-order valence-corrected chi connectivity index (χ3v) is 7.55. The van der Waals surface area contributed by atoms with Crippen LogP contribution >= 0.6 is 0 Å². The highest BCUT2D eigenvalue weighted by Gasteiger charge is 2.27. The molecule has 8 heteroatoms. The molecule has 3 aromatic carbocycles. The molecule has 172 valence electrons. The number of aryl methyl sites for hydroxylation is 1. The highest BCUT2D eigenvalue weighted by Crippen LogP contribution is 2.26. The number of hydrogen-bond donors (Lipinski definition) is 0. The molecule has 1 aliphatic rings. The maximum absolute atomic E-state index is 13.2. The number of carbonyl (C=O) groups is 1. The molecular formula is C25H25FN2O4S. The topological polar surface area (TPSA) is 66.9 Å². The van der Waals surface area contributed by atoms with Crippen molar-refractivity contribution in [3.8, 4) is 0 Å². The van der Waals surface area contributed by atoms with E-state index in [0.717, 1.165) is 11.1 Å². The van der Waals surface area contributed by atoms with Gasteiger partial charge in [0.25, 0.3) is 15.9 Å². The second-order valence-electron chi connectivity index (χ2n) is 7.99. The van der Waals surface area contributed by atoms with E-state index in [1.54, 1.807) is 65.6 Å². The van der Waals surface area contributed by atoms with E-state index in [9.17, 15) is 17.6 Å². The molecule has 1 fully saturated rings. The summed E-state index contributed by atoms with van der Waals surface area (Å²) in [6, 6.07) is 19.2. The monoisotopic (exact) mass is 468 g/mol. The van der Waals surface area contributed by atoms with Crippen molar-refractivity contribution in [3.05, 3.63) is 95.3 Å². The van der Waals surface area contributed by atoms with Gasteiger partial charge in [0.1, 0.15) is 11.9 Å². The van der Waals surface area contributed by atoms with Crippen LogP contribution in [-0.2, 0) is 14.8 Å². The Bertz CT molecular complexity index is 1230. The zero-order valence-corrected chi connectivity index (χ0v) is 19.3. The number of nitrogens with zero attached hydrogens (tertiary/aromatic N) is 2. The standard InChI is InChI=1S/C25H25FN2O4S/c1-18-3-13-23(14-4-18)33(30,31)27(2)22-11-7-20(8-12-22)25(29)28-15-16-32-24(17-28)19-5-9-21(26)10-6-19/h3-14,24H,15-17H2,1-2H3. The summed E-state index contributed by atoms with van der Waals surface area (Å²) in [5, 5.41) is 0. The minimum atomic E-state index is -3.71. The molecule has 0 spiro atoms. The predicted octanol–water partition coefficient (Wildman–Crippen LogP) is 4.17. The van der Waals surface area contributed by atoms with E-state index in [-0.39, 0.29) is 22.7 Å². The van der Waals surface area contributed by atoms with E-state index in [0.29, 0.717) is 30.9 Å². The van der Waals surface area contributed by atoms with E-state index >= 15 is 0 Å². The first kappa shape index (κ1) is 22.9. The van der Waals surface area contributed by atoms with Crippen LogP contribution in [0.2, 0.25) is 0 Å². The van der Waals surface area contributed by atoms with Gasteiger partial charge in [-0.15, -0.1) is 0 Å². The second-order valence-corrected chi connectivity index (χ2v) is 9.96. The number of carbonyl (C=O) groups excluding carboxylic acids is 1. The molecule has 4 rings (SSSR count). The Labute approximate surface area is 193 Å². The summed E-state index contributed by atoms with van der Waals surface area (Å²) in [6.45, 7) is 3.07. The van der Waals surface area contributed by atoms with Gasteiger partial charge in [0.15, 0.2) is 0 Å². The summed E-state index contributed by atoms with van der Waals surface area (Å²) in [7, 11) is -2.22. The van der Waals surface area contributed by atoms with Gasteiger partial charge in [-0.3, -0.25) is 9.10 Å². The van der Waals surface area contributed by atoms with Crippen molar-refractivity contribution in [2.75, 3.05) is 31.0 Å². The molecule has 33 heavy (non-hydrogen) atoms. The molecular weight excluding hydrogens is 443 g/mol. The highest BCUT2D eigenvalue weighted by molar-refractivity contribution is 7.92. The summed E-state index contributed by atoms with van der Waals surface area (Å²) in [4.78, 5) is 14.9. The van der Waals surface area contributed by atoms with Crippen LogP contribution in [0.3, 0.4) is 0 Å². The zero-order chi connectivity index (χ0) is 23.6. The Morgan fingerprint density at radius 1 is 1.00 bits per heavy atom. The molecule has 1 unspecified atom stereocenters. The lowest BCUT2D eigenvalue weighted by Crippen LogP contribution is -2.42. The van der Waals surface area contributed by atoms with Crippen molar-refractivity contribution in [3.63, 3.8) is 0 Å². The van der Waals surface area contributed by atoms with Crippen molar-refractivity contribution in [1.82, 2.24) is 4.90 Å². The predicted molar refractivity (Wildman–Crippen MR) is 124 cm³/mol. The fraction of sp³-hybridized carbons (Fsp3) is 0.240. The normalized spacial score (nSPS) is 16.5. The van der Waals surface area contributed by atoms with Gasteiger partial charge < -0.3 is 9.64 Å². The highest BCUT2D eigenvalue weighted by atomic mass is 32.2. The summed E-state index contributed by atoms with van der Waals surface area (Å²) in [5.41, 5.74) is 2.70. The second kappa shape index (κ2) is 9.33. The molecule has 1 atom stereocenters. The minimum Gasteiger partial charge on any atom is -0.370 e. The molecule has 0 N–H and O–H groups in total. The summed E-state index contributed by atoms with van der Waals surface area (Å²) >= 11 is 0. The molecule has 6 nitrogen and oxygen atoms in total. The lowest BCUT2D eigenvalue weighted by Gasteiger charge is -2.33. The Morgan fingerprint density at radius 2 is 1.64 bits per heavy atom. The van der Waals surface area contributed by atoms with Gasteiger partial charge in [-0.1, -0.05) is 29.8 Å². The van der Waals surface area contributed by atoms with Crippen LogP contribution in [0.4, 0.5) is 10.1 Å². The number of morpholine rings is 1. The number of halogens is 1. The maximum atomic E-state index is 13.2. The molecule has 0 saturated carbocycles. The van der Waals surface area contributed by atoms with E-state index in [1.165, 1.54) is 23.5 Å². The number of amides is 1. The molecule has 1 heterocycles. The minimum absolute atomic E-state index is 0.166. The van der Waals surface area contributed by atoms with Gasteiger partial charge >= 0.3 is 0 Å². The van der Waals surface area contributed by atoms with Crippen LogP contribution < -0.4 is 4.31 Å². The van der Waals surface area contributed by atoms with Gasteiger partial charge in [-0.2, -0.15) is 0 Å². The average Bonchev–Trinajstić information content (AvgIpc) is 2.84. The molecule has 1 amide bonds. The van der Waals surface area contributed by atoms with E-state index in [4.69, 9.17) is 4.74 Å². The number of hydrogen-bond acceptors (Lipinski definition) is 4. The Kier molecular flexibility index (Phi) is 6.49. The SMILES string of the molecule is Cc1ccc(S(=O)(=O)N(C)c2ccc(C(=O)N3CCOC(c4ccc(F)cc4)C3)cc2)cc1. The van der Waals surface area contributed by atoms with Gasteiger partial charge in [0.05, 0.1) is 23.7 Å². The van der Waals surface area contributed by atoms with Crippen LogP contribution in [0, 0.1) is 12.7 Å². The van der Waals surface area contributed by atoms with Crippen LogP contribution in [0.25, 0.3) is 0 Å². The molecule has 0 bridgehead atoms. The van der Waals surface area contributed by atoms with Crippen molar-refractivity contribution in [1.29, 1.82) is 0 Å². The maximum Gasteiger partial charge on any atom is 0.264 e. The Morgan fingerprint density at radius 3 is 2.27 bits per heavy atom. The fourth-order valence-corrected chi connectivity index (χ4v) is 4.91. The summed E-state index contributed by atoms with van der Waals surface area (Å²) < 4.78 is 46.0. The largest absolute Gasteiger partial charge is 0.370 e. The summed E-state index contributed by atoms with van der Waals surface area (Å²) in [5.74, 6) is -0.488. The zero-order valence-electron chi connectivity index (χ0n) is 18.4. The molecule has 0 aliphatic carbocycles. The Hall–Kier alpha value is -3.23. The lowest BCUT2D eigenvalue weighted by atomic mass is 10.1. The Balaban J connectivity index is 1.47. The van der Waals surface area contributed by atoms with Crippen molar-refractivity contribution < 1.29 is 22.3 Å². The molecule has 1 saturated heterocycles. The van der Waals surface area contributed by atoms with Crippen LogP contribution in [0.1, 0.15) is 27.6 Å². The van der Waals surface area contributed by atoms with E-state index in [2.05, 4.69) is 0 Å². The number of benzene rings is 3. The number of ether oxygens (including phenoxy) is 1. The van der Waals surface area contributed by atoms with Crippen LogP contribution in [0.5, 0.6) is 0 Å². The number of rotatable bonds is 5. The fourth-order valence-electron chi connectivity index (χ4n) is 3.72. The van der Waals surface area contributed by atoms with Crippen LogP contribution in [0.15, 0.2) is 77.7 Å². The van der Waals surface area contributed by atoms with Gasteiger partial charge in [-0.25, -0.2) is 12.8 Å². The average molecular weight is 469 g/mol. The van der Waals surface area contributed by atoms with Gasteiger partial charge in [-0.05, 0) is 61.0 Å². The first-order valence-corrected chi connectivity index (χ1v) is 12.0. The first-order valence-electron chi connectivity index (χ1n) is 10.6.